The molecule has 30 heavy (non-hydrogen) atoms. The number of fused-ring (bicyclic) bond motifs is 1. The number of nitrogens with one attached hydrogen (secondary N) is 1. The molecule has 8 nitrogen and oxygen atoms in total. The third-order valence-corrected chi connectivity index (χ3v) is 6.04. The molecule has 4 rings (SSSR count). The van der Waals surface area contributed by atoms with Crippen molar-refractivity contribution >= 4 is 5.96 Å². The molecule has 1 aromatic carbocycles. The first-order chi connectivity index (χ1) is 14.5. The highest BCUT2D eigenvalue weighted by Crippen LogP contribution is 2.32. The number of hydrogen-bond acceptors (Lipinski definition) is 5. The van der Waals surface area contributed by atoms with Crippen LogP contribution in [0.4, 0.5) is 0 Å². The van der Waals surface area contributed by atoms with Crippen molar-refractivity contribution in [3.63, 3.8) is 0 Å². The molecule has 0 radical (unpaired) electrons. The van der Waals surface area contributed by atoms with Gasteiger partial charge in [-0.25, -0.2) is 0 Å². The molecule has 8 heteroatoms. The smallest absolute Gasteiger partial charge is 0.231 e. The fourth-order valence-corrected chi connectivity index (χ4v) is 4.23. The monoisotopic (exact) mass is 412 g/mol. The van der Waals surface area contributed by atoms with Crippen molar-refractivity contribution in [3.8, 4) is 11.5 Å². The van der Waals surface area contributed by atoms with Crippen LogP contribution < -0.4 is 14.8 Å². The SMILES string of the molecule is CN=C(NCCc1c(C)nn(C)c1C)N1CCN(Cc2ccc3c(c2)OCO3)CC1. The van der Waals surface area contributed by atoms with E-state index in [1.54, 1.807) is 0 Å². The van der Waals surface area contributed by atoms with Crippen LogP contribution in [0.5, 0.6) is 11.5 Å². The number of aryl methyl sites for hydroxylation is 2. The fraction of sp³-hybridized carbons (Fsp3) is 0.545. The Morgan fingerprint density at radius 3 is 2.60 bits per heavy atom. The normalized spacial score (nSPS) is 16.9. The molecule has 162 valence electrons. The van der Waals surface area contributed by atoms with Gasteiger partial charge in [-0.05, 0) is 43.5 Å². The second-order valence-electron chi connectivity index (χ2n) is 7.95. The number of aromatic nitrogens is 2. The molecule has 0 saturated carbocycles. The molecule has 1 aromatic heterocycles. The van der Waals surface area contributed by atoms with Crippen molar-refractivity contribution < 1.29 is 9.47 Å². The Balaban J connectivity index is 1.25. The van der Waals surface area contributed by atoms with Crippen LogP contribution in [0.2, 0.25) is 0 Å². The van der Waals surface area contributed by atoms with Crippen LogP contribution in [-0.2, 0) is 20.0 Å². The zero-order valence-corrected chi connectivity index (χ0v) is 18.4. The molecule has 0 bridgehead atoms. The number of guanidine groups is 1. The van der Waals surface area contributed by atoms with Crippen LogP contribution in [0.3, 0.4) is 0 Å². The molecule has 2 aromatic rings. The van der Waals surface area contributed by atoms with E-state index >= 15 is 0 Å². The number of hydrogen-bond donors (Lipinski definition) is 1. The number of nitrogens with zero attached hydrogens (tertiary/aromatic N) is 5. The zero-order valence-electron chi connectivity index (χ0n) is 18.4. The number of ether oxygens (including phenoxy) is 2. The van der Waals surface area contributed by atoms with Gasteiger partial charge < -0.3 is 19.7 Å². The average molecular weight is 413 g/mol. The van der Waals surface area contributed by atoms with Gasteiger partial charge in [0.05, 0.1) is 5.69 Å². The third kappa shape index (κ3) is 4.38. The maximum Gasteiger partial charge on any atom is 0.231 e. The highest BCUT2D eigenvalue weighted by atomic mass is 16.7. The van der Waals surface area contributed by atoms with Gasteiger partial charge >= 0.3 is 0 Å². The Morgan fingerprint density at radius 2 is 1.90 bits per heavy atom. The Labute approximate surface area is 178 Å². The Hall–Kier alpha value is -2.74. The minimum Gasteiger partial charge on any atom is -0.454 e. The van der Waals surface area contributed by atoms with Crippen molar-refractivity contribution in [2.45, 2.75) is 26.8 Å². The Morgan fingerprint density at radius 1 is 1.13 bits per heavy atom. The van der Waals surface area contributed by atoms with E-state index in [4.69, 9.17) is 9.47 Å². The van der Waals surface area contributed by atoms with Gasteiger partial charge in [-0.1, -0.05) is 6.07 Å². The van der Waals surface area contributed by atoms with Crippen molar-refractivity contribution in [2.75, 3.05) is 46.6 Å². The van der Waals surface area contributed by atoms with E-state index in [0.29, 0.717) is 6.79 Å². The Bertz CT molecular complexity index is 915. The maximum absolute atomic E-state index is 5.50. The van der Waals surface area contributed by atoms with Crippen LogP contribution in [0.1, 0.15) is 22.5 Å². The minimum absolute atomic E-state index is 0.323. The standard InChI is InChI=1S/C22H32N6O2/c1-16-19(17(2)26(4)25-16)7-8-24-22(23-3)28-11-9-27(10-12-28)14-18-5-6-20-21(13-18)30-15-29-20/h5-6,13H,7-12,14-15H2,1-4H3,(H,23,24). The molecule has 0 spiro atoms. The first-order valence-electron chi connectivity index (χ1n) is 10.6. The van der Waals surface area contributed by atoms with Gasteiger partial charge in [0.2, 0.25) is 6.79 Å². The highest BCUT2D eigenvalue weighted by molar-refractivity contribution is 5.80. The largest absolute Gasteiger partial charge is 0.454 e. The predicted octanol–water partition coefficient (Wildman–Crippen LogP) is 1.70. The van der Waals surface area contributed by atoms with Crippen molar-refractivity contribution in [1.82, 2.24) is 24.9 Å². The second kappa shape index (κ2) is 8.95. The van der Waals surface area contributed by atoms with E-state index in [9.17, 15) is 0 Å². The Kier molecular flexibility index (Phi) is 6.13. The lowest BCUT2D eigenvalue weighted by molar-refractivity contribution is 0.171. The fourth-order valence-electron chi connectivity index (χ4n) is 4.23. The number of benzene rings is 1. The summed E-state index contributed by atoms with van der Waals surface area (Å²) in [6.45, 7) is 10.3. The lowest BCUT2D eigenvalue weighted by Crippen LogP contribution is -2.52. The molecule has 1 fully saturated rings. The molecule has 3 heterocycles. The molecule has 2 aliphatic rings. The van der Waals surface area contributed by atoms with Crippen molar-refractivity contribution in [1.29, 1.82) is 0 Å². The summed E-state index contributed by atoms with van der Waals surface area (Å²) in [6.07, 6.45) is 0.953. The van der Waals surface area contributed by atoms with Gasteiger partial charge in [0.25, 0.3) is 0 Å². The van der Waals surface area contributed by atoms with E-state index in [-0.39, 0.29) is 0 Å². The van der Waals surface area contributed by atoms with Crippen LogP contribution in [0, 0.1) is 13.8 Å². The summed E-state index contributed by atoms with van der Waals surface area (Å²) in [7, 11) is 3.86. The van der Waals surface area contributed by atoms with Crippen LogP contribution in [0.25, 0.3) is 0 Å². The van der Waals surface area contributed by atoms with E-state index < -0.39 is 0 Å². The predicted molar refractivity (Wildman–Crippen MR) is 117 cm³/mol. The second-order valence-corrected chi connectivity index (χ2v) is 7.95. The summed E-state index contributed by atoms with van der Waals surface area (Å²) in [6, 6.07) is 6.23. The molecule has 0 amide bonds. The topological polar surface area (TPSA) is 67.2 Å². The number of aliphatic imine (C=N–C) groups is 1. The van der Waals surface area contributed by atoms with Gasteiger partial charge in [-0.2, -0.15) is 5.10 Å². The molecule has 0 atom stereocenters. The molecule has 1 saturated heterocycles. The molecular formula is C22H32N6O2. The molecule has 0 unspecified atom stereocenters. The summed E-state index contributed by atoms with van der Waals surface area (Å²) in [4.78, 5) is 9.33. The average Bonchev–Trinajstić information content (AvgIpc) is 3.31. The lowest BCUT2D eigenvalue weighted by atomic mass is 10.1. The first kappa shape index (κ1) is 20.5. The molecule has 1 N–H and O–H groups in total. The van der Waals surface area contributed by atoms with Gasteiger partial charge in [0.15, 0.2) is 17.5 Å². The summed E-state index contributed by atoms with van der Waals surface area (Å²) in [5.74, 6) is 2.68. The number of piperazine rings is 1. The lowest BCUT2D eigenvalue weighted by Gasteiger charge is -2.36. The van der Waals surface area contributed by atoms with Crippen LogP contribution >= 0.6 is 0 Å². The van der Waals surface area contributed by atoms with Crippen molar-refractivity contribution in [3.05, 3.63) is 40.7 Å². The van der Waals surface area contributed by atoms with Crippen LogP contribution in [-0.4, -0.2) is 72.1 Å². The zero-order chi connectivity index (χ0) is 21.1. The molecule has 2 aliphatic heterocycles. The van der Waals surface area contributed by atoms with Crippen molar-refractivity contribution in [2.24, 2.45) is 12.0 Å². The maximum atomic E-state index is 5.50. The van der Waals surface area contributed by atoms with Gasteiger partial charge in [0.1, 0.15) is 0 Å². The molecule has 0 aliphatic carbocycles. The third-order valence-electron chi connectivity index (χ3n) is 6.04. The minimum atomic E-state index is 0.323. The summed E-state index contributed by atoms with van der Waals surface area (Å²) in [5, 5.41) is 8.04. The first-order valence-corrected chi connectivity index (χ1v) is 10.6. The van der Waals surface area contributed by atoms with E-state index in [1.165, 1.54) is 16.8 Å². The number of rotatable bonds is 5. The van der Waals surface area contributed by atoms with Crippen LogP contribution in [0.15, 0.2) is 23.2 Å². The van der Waals surface area contributed by atoms with Gasteiger partial charge in [-0.3, -0.25) is 14.6 Å². The van der Waals surface area contributed by atoms with E-state index in [0.717, 1.165) is 68.8 Å². The summed E-state index contributed by atoms with van der Waals surface area (Å²) < 4.78 is 12.9. The molecular weight excluding hydrogens is 380 g/mol. The quantitative estimate of drug-likeness (QED) is 0.596. The summed E-state index contributed by atoms with van der Waals surface area (Å²) >= 11 is 0. The van der Waals surface area contributed by atoms with E-state index in [1.807, 2.05) is 24.8 Å². The summed E-state index contributed by atoms with van der Waals surface area (Å²) in [5.41, 5.74) is 4.94. The van der Waals surface area contributed by atoms with Gasteiger partial charge in [-0.15, -0.1) is 0 Å². The highest BCUT2D eigenvalue weighted by Gasteiger charge is 2.21. The van der Waals surface area contributed by atoms with Gasteiger partial charge in [0, 0.05) is 59.1 Å². The van der Waals surface area contributed by atoms with E-state index in [2.05, 4.69) is 51.2 Å².